The number of aliphatic hydroxyl groups excluding tert-OH is 1. The SMILES string of the molecule is CC(C)(C)NC[C@H](O)c1cccc2c1OC(C)(C)C(=O)N2. The number of hydrogen-bond acceptors (Lipinski definition) is 4. The normalized spacial score (nSPS) is 18.5. The Bertz CT molecular complexity index is 547. The first-order chi connectivity index (χ1) is 9.60. The van der Waals surface area contributed by atoms with Crippen molar-refractivity contribution < 1.29 is 14.6 Å². The summed E-state index contributed by atoms with van der Waals surface area (Å²) in [4.78, 5) is 11.9. The monoisotopic (exact) mass is 292 g/mol. The Morgan fingerprint density at radius 2 is 2.05 bits per heavy atom. The van der Waals surface area contributed by atoms with E-state index >= 15 is 0 Å². The predicted octanol–water partition coefficient (Wildman–Crippen LogP) is 2.22. The van der Waals surface area contributed by atoms with Crippen LogP contribution in [0, 0.1) is 0 Å². The molecule has 0 fully saturated rings. The third kappa shape index (κ3) is 3.54. The van der Waals surface area contributed by atoms with Crippen molar-refractivity contribution >= 4 is 11.6 Å². The molecule has 5 heteroatoms. The number of hydrogen-bond donors (Lipinski definition) is 3. The summed E-state index contributed by atoms with van der Waals surface area (Å²) in [6.45, 7) is 9.96. The van der Waals surface area contributed by atoms with Crippen molar-refractivity contribution in [2.75, 3.05) is 11.9 Å². The lowest BCUT2D eigenvalue weighted by Gasteiger charge is -2.34. The number of benzene rings is 1. The molecular formula is C16H24N2O3. The molecule has 1 heterocycles. The summed E-state index contributed by atoms with van der Waals surface area (Å²) < 4.78 is 5.82. The molecule has 0 saturated heterocycles. The van der Waals surface area contributed by atoms with Gasteiger partial charge in [0.25, 0.3) is 5.91 Å². The predicted molar refractivity (Wildman–Crippen MR) is 82.5 cm³/mol. The van der Waals surface area contributed by atoms with Gasteiger partial charge < -0.3 is 20.5 Å². The van der Waals surface area contributed by atoms with E-state index in [0.29, 0.717) is 23.5 Å². The highest BCUT2D eigenvalue weighted by Crippen LogP contribution is 2.39. The first-order valence-electron chi connectivity index (χ1n) is 7.17. The second kappa shape index (κ2) is 5.31. The zero-order chi connectivity index (χ0) is 15.8. The summed E-state index contributed by atoms with van der Waals surface area (Å²) in [6.07, 6.45) is -0.704. The summed E-state index contributed by atoms with van der Waals surface area (Å²) >= 11 is 0. The average molecular weight is 292 g/mol. The molecule has 0 spiro atoms. The van der Waals surface area contributed by atoms with E-state index in [-0.39, 0.29) is 11.4 Å². The molecule has 1 amide bonds. The van der Waals surface area contributed by atoms with E-state index in [0.717, 1.165) is 0 Å². The Morgan fingerprint density at radius 1 is 1.38 bits per heavy atom. The molecule has 1 atom stereocenters. The maximum Gasteiger partial charge on any atom is 0.268 e. The molecule has 0 unspecified atom stereocenters. The number of fused-ring (bicyclic) bond motifs is 1. The highest BCUT2D eigenvalue weighted by molar-refractivity contribution is 6.00. The minimum atomic E-state index is -0.944. The van der Waals surface area contributed by atoms with Gasteiger partial charge in [0.2, 0.25) is 0 Å². The molecule has 5 nitrogen and oxygen atoms in total. The van der Waals surface area contributed by atoms with Gasteiger partial charge >= 0.3 is 0 Å². The van der Waals surface area contributed by atoms with Crippen LogP contribution in [0.5, 0.6) is 5.75 Å². The minimum Gasteiger partial charge on any atom is -0.475 e. The Kier molecular flexibility index (Phi) is 4.00. The second-order valence-electron chi connectivity index (χ2n) is 6.94. The van der Waals surface area contributed by atoms with Gasteiger partial charge in [-0.1, -0.05) is 12.1 Å². The van der Waals surface area contributed by atoms with Gasteiger partial charge in [-0.3, -0.25) is 4.79 Å². The van der Waals surface area contributed by atoms with E-state index in [4.69, 9.17) is 4.74 Å². The molecule has 1 aliphatic rings. The Labute approximate surface area is 125 Å². The van der Waals surface area contributed by atoms with Gasteiger partial charge in [-0.2, -0.15) is 0 Å². The van der Waals surface area contributed by atoms with Gasteiger partial charge in [-0.15, -0.1) is 0 Å². The fourth-order valence-corrected chi connectivity index (χ4v) is 2.12. The first kappa shape index (κ1) is 15.8. The van der Waals surface area contributed by atoms with Crippen molar-refractivity contribution in [3.05, 3.63) is 23.8 Å². The van der Waals surface area contributed by atoms with Crippen LogP contribution in [0.4, 0.5) is 5.69 Å². The van der Waals surface area contributed by atoms with Crippen LogP contribution in [0.1, 0.15) is 46.3 Å². The van der Waals surface area contributed by atoms with Crippen molar-refractivity contribution in [2.24, 2.45) is 0 Å². The van der Waals surface area contributed by atoms with Crippen LogP contribution < -0.4 is 15.4 Å². The Hall–Kier alpha value is -1.59. The van der Waals surface area contributed by atoms with E-state index in [2.05, 4.69) is 10.6 Å². The van der Waals surface area contributed by atoms with Crippen molar-refractivity contribution in [1.29, 1.82) is 0 Å². The number of para-hydroxylation sites is 1. The standard InChI is InChI=1S/C16H24N2O3/c1-15(2,3)17-9-12(19)10-7-6-8-11-13(10)21-16(4,5)14(20)18-11/h6-8,12,17,19H,9H2,1-5H3,(H,18,20)/t12-/m0/s1. The number of ether oxygens (including phenoxy) is 1. The maximum absolute atomic E-state index is 11.9. The smallest absolute Gasteiger partial charge is 0.268 e. The number of anilines is 1. The number of nitrogens with one attached hydrogen (secondary N) is 2. The van der Waals surface area contributed by atoms with Crippen LogP contribution in [0.2, 0.25) is 0 Å². The van der Waals surface area contributed by atoms with Gasteiger partial charge in [0.1, 0.15) is 5.75 Å². The third-order valence-corrected chi connectivity index (χ3v) is 3.38. The van der Waals surface area contributed by atoms with E-state index in [1.807, 2.05) is 26.8 Å². The van der Waals surface area contributed by atoms with Crippen molar-refractivity contribution in [3.63, 3.8) is 0 Å². The highest BCUT2D eigenvalue weighted by atomic mass is 16.5. The second-order valence-corrected chi connectivity index (χ2v) is 6.94. The number of β-amino-alcohol motifs (C(OH)–C–C–N with tert-alkyl or cyclic N) is 1. The van der Waals surface area contributed by atoms with Crippen molar-refractivity contribution in [2.45, 2.75) is 51.9 Å². The lowest BCUT2D eigenvalue weighted by molar-refractivity contribution is -0.129. The molecule has 3 N–H and O–H groups in total. The summed E-state index contributed by atoms with van der Waals surface area (Å²) in [6, 6.07) is 5.40. The topological polar surface area (TPSA) is 70.6 Å². The van der Waals surface area contributed by atoms with E-state index in [9.17, 15) is 9.90 Å². The minimum absolute atomic E-state index is 0.0792. The molecule has 1 aromatic rings. The average Bonchev–Trinajstić information content (AvgIpc) is 2.35. The number of carbonyl (C=O) groups excluding carboxylic acids is 1. The number of rotatable bonds is 3. The third-order valence-electron chi connectivity index (χ3n) is 3.38. The Morgan fingerprint density at radius 3 is 2.67 bits per heavy atom. The fraction of sp³-hybridized carbons (Fsp3) is 0.562. The highest BCUT2D eigenvalue weighted by Gasteiger charge is 2.37. The van der Waals surface area contributed by atoms with Crippen LogP contribution in [0.15, 0.2) is 18.2 Å². The molecule has 1 aromatic carbocycles. The largest absolute Gasteiger partial charge is 0.475 e. The van der Waals surface area contributed by atoms with Crippen molar-refractivity contribution in [1.82, 2.24) is 5.32 Å². The van der Waals surface area contributed by atoms with Gasteiger partial charge in [0.15, 0.2) is 5.60 Å². The van der Waals surface area contributed by atoms with Crippen LogP contribution in [-0.4, -0.2) is 28.7 Å². The molecule has 0 saturated carbocycles. The van der Waals surface area contributed by atoms with E-state index < -0.39 is 11.7 Å². The molecule has 1 aliphatic heterocycles. The lowest BCUT2D eigenvalue weighted by Crippen LogP contribution is -2.46. The summed E-state index contributed by atoms with van der Waals surface area (Å²) in [5, 5.41) is 16.5. The van der Waals surface area contributed by atoms with E-state index in [1.165, 1.54) is 0 Å². The maximum atomic E-state index is 11.9. The molecule has 21 heavy (non-hydrogen) atoms. The van der Waals surface area contributed by atoms with Gasteiger partial charge in [0.05, 0.1) is 11.8 Å². The molecule has 2 rings (SSSR count). The van der Waals surface area contributed by atoms with Crippen LogP contribution >= 0.6 is 0 Å². The van der Waals surface area contributed by atoms with Gasteiger partial charge in [0, 0.05) is 17.6 Å². The zero-order valence-corrected chi connectivity index (χ0v) is 13.3. The molecule has 0 radical (unpaired) electrons. The number of aliphatic hydroxyl groups is 1. The zero-order valence-electron chi connectivity index (χ0n) is 13.3. The molecule has 0 aromatic heterocycles. The fourth-order valence-electron chi connectivity index (χ4n) is 2.12. The van der Waals surface area contributed by atoms with Crippen LogP contribution in [0.3, 0.4) is 0 Å². The molecule has 116 valence electrons. The number of amides is 1. The van der Waals surface area contributed by atoms with E-state index in [1.54, 1.807) is 26.0 Å². The number of carbonyl (C=O) groups is 1. The Balaban J connectivity index is 2.26. The van der Waals surface area contributed by atoms with Crippen molar-refractivity contribution in [3.8, 4) is 5.75 Å². The summed E-state index contributed by atoms with van der Waals surface area (Å²) in [7, 11) is 0. The summed E-state index contributed by atoms with van der Waals surface area (Å²) in [5.41, 5.74) is 0.258. The first-order valence-corrected chi connectivity index (χ1v) is 7.17. The van der Waals surface area contributed by atoms with Gasteiger partial charge in [-0.05, 0) is 40.7 Å². The quantitative estimate of drug-likeness (QED) is 0.799. The molecular weight excluding hydrogens is 268 g/mol. The molecule has 0 bridgehead atoms. The van der Waals surface area contributed by atoms with Crippen LogP contribution in [-0.2, 0) is 4.79 Å². The van der Waals surface area contributed by atoms with Crippen LogP contribution in [0.25, 0.3) is 0 Å². The summed E-state index contributed by atoms with van der Waals surface area (Å²) in [5.74, 6) is 0.361. The van der Waals surface area contributed by atoms with Gasteiger partial charge in [-0.25, -0.2) is 0 Å². The lowest BCUT2D eigenvalue weighted by atomic mass is 10.0. The molecule has 0 aliphatic carbocycles.